The SMILES string of the molecule is Cc1ccc(NC(=O)CCC(=O)c2ccc3c(c2)N(C)C(=O)C(C)O3)c(C)c1. The number of fused-ring (bicyclic) bond motifs is 1. The molecule has 0 radical (unpaired) electrons. The highest BCUT2D eigenvalue weighted by atomic mass is 16.5. The number of benzene rings is 2. The van der Waals surface area contributed by atoms with Crippen molar-refractivity contribution in [3.05, 3.63) is 53.1 Å². The van der Waals surface area contributed by atoms with Crippen LogP contribution in [0.15, 0.2) is 36.4 Å². The van der Waals surface area contributed by atoms with Crippen molar-refractivity contribution < 1.29 is 19.1 Å². The molecule has 0 spiro atoms. The number of carbonyl (C=O) groups is 3. The summed E-state index contributed by atoms with van der Waals surface area (Å²) in [6, 6.07) is 10.8. The van der Waals surface area contributed by atoms with E-state index in [2.05, 4.69) is 5.32 Å². The molecule has 0 bridgehead atoms. The number of amides is 2. The molecular formula is C22H24N2O4. The molecular weight excluding hydrogens is 356 g/mol. The summed E-state index contributed by atoms with van der Waals surface area (Å²) in [7, 11) is 1.66. The number of hydrogen-bond donors (Lipinski definition) is 1. The van der Waals surface area contributed by atoms with E-state index in [1.807, 2.05) is 32.0 Å². The second kappa shape index (κ2) is 7.84. The Morgan fingerprint density at radius 3 is 2.57 bits per heavy atom. The molecule has 6 nitrogen and oxygen atoms in total. The maximum absolute atomic E-state index is 12.5. The number of anilines is 2. The predicted octanol–water partition coefficient (Wildman–Crippen LogP) is 3.65. The normalized spacial score (nSPS) is 15.6. The van der Waals surface area contributed by atoms with E-state index in [-0.39, 0.29) is 30.4 Å². The Hall–Kier alpha value is -3.15. The largest absolute Gasteiger partial charge is 0.479 e. The van der Waals surface area contributed by atoms with Gasteiger partial charge in [0.2, 0.25) is 5.91 Å². The van der Waals surface area contributed by atoms with E-state index in [0.29, 0.717) is 17.0 Å². The monoisotopic (exact) mass is 380 g/mol. The molecule has 1 heterocycles. The van der Waals surface area contributed by atoms with Crippen LogP contribution in [-0.4, -0.2) is 30.7 Å². The van der Waals surface area contributed by atoms with E-state index >= 15 is 0 Å². The van der Waals surface area contributed by atoms with Crippen molar-refractivity contribution >= 4 is 29.0 Å². The second-order valence-electron chi connectivity index (χ2n) is 7.13. The summed E-state index contributed by atoms with van der Waals surface area (Å²) in [5, 5.41) is 2.85. The molecule has 2 aromatic carbocycles. The van der Waals surface area contributed by atoms with Gasteiger partial charge in [-0.05, 0) is 50.6 Å². The van der Waals surface area contributed by atoms with E-state index in [4.69, 9.17) is 4.74 Å². The highest BCUT2D eigenvalue weighted by Crippen LogP contribution is 2.34. The average molecular weight is 380 g/mol. The fraction of sp³-hybridized carbons (Fsp3) is 0.318. The lowest BCUT2D eigenvalue weighted by atomic mass is 10.0. The van der Waals surface area contributed by atoms with Gasteiger partial charge in [0.15, 0.2) is 11.9 Å². The zero-order valence-electron chi connectivity index (χ0n) is 16.5. The van der Waals surface area contributed by atoms with Gasteiger partial charge in [-0.15, -0.1) is 0 Å². The van der Waals surface area contributed by atoms with Crippen molar-refractivity contribution in [2.45, 2.75) is 39.7 Å². The van der Waals surface area contributed by atoms with Crippen LogP contribution < -0.4 is 15.0 Å². The fourth-order valence-corrected chi connectivity index (χ4v) is 3.22. The molecule has 1 unspecified atom stereocenters. The third-order valence-electron chi connectivity index (χ3n) is 4.86. The van der Waals surface area contributed by atoms with Gasteiger partial charge >= 0.3 is 0 Å². The summed E-state index contributed by atoms with van der Waals surface area (Å²) >= 11 is 0. The number of ether oxygens (including phenoxy) is 1. The first-order chi connectivity index (χ1) is 13.3. The average Bonchev–Trinajstić information content (AvgIpc) is 2.66. The number of carbonyl (C=O) groups excluding carboxylic acids is 3. The highest BCUT2D eigenvalue weighted by Gasteiger charge is 2.29. The maximum Gasteiger partial charge on any atom is 0.267 e. The summed E-state index contributed by atoms with van der Waals surface area (Å²) in [6.45, 7) is 5.61. The number of likely N-dealkylation sites (N-methyl/N-ethyl adjacent to an activating group) is 1. The van der Waals surface area contributed by atoms with Crippen molar-refractivity contribution in [1.29, 1.82) is 0 Å². The topological polar surface area (TPSA) is 75.7 Å². The lowest BCUT2D eigenvalue weighted by Gasteiger charge is -2.30. The molecule has 0 saturated carbocycles. The Kier molecular flexibility index (Phi) is 5.49. The maximum atomic E-state index is 12.5. The van der Waals surface area contributed by atoms with Gasteiger partial charge in [-0.25, -0.2) is 0 Å². The van der Waals surface area contributed by atoms with Crippen molar-refractivity contribution in [3.8, 4) is 5.75 Å². The summed E-state index contributed by atoms with van der Waals surface area (Å²) in [6.07, 6.45) is -0.372. The van der Waals surface area contributed by atoms with Gasteiger partial charge in [0.25, 0.3) is 5.91 Å². The van der Waals surface area contributed by atoms with Crippen LogP contribution in [0, 0.1) is 13.8 Å². The molecule has 2 amide bonds. The summed E-state index contributed by atoms with van der Waals surface area (Å²) < 4.78 is 5.57. The molecule has 1 aliphatic heterocycles. The van der Waals surface area contributed by atoms with E-state index in [0.717, 1.165) is 16.8 Å². The quantitative estimate of drug-likeness (QED) is 0.804. The minimum Gasteiger partial charge on any atom is -0.479 e. The lowest BCUT2D eigenvalue weighted by Crippen LogP contribution is -2.42. The first-order valence-electron chi connectivity index (χ1n) is 9.25. The second-order valence-corrected chi connectivity index (χ2v) is 7.13. The smallest absolute Gasteiger partial charge is 0.267 e. The number of aryl methyl sites for hydroxylation is 2. The van der Waals surface area contributed by atoms with Crippen LogP contribution in [0.1, 0.15) is 41.3 Å². The Labute approximate surface area is 164 Å². The highest BCUT2D eigenvalue weighted by molar-refractivity contribution is 6.04. The molecule has 0 aliphatic carbocycles. The molecule has 2 aromatic rings. The van der Waals surface area contributed by atoms with Crippen LogP contribution in [0.4, 0.5) is 11.4 Å². The molecule has 0 aromatic heterocycles. The number of hydrogen-bond acceptors (Lipinski definition) is 4. The van der Waals surface area contributed by atoms with Gasteiger partial charge in [0, 0.05) is 31.1 Å². The van der Waals surface area contributed by atoms with Gasteiger partial charge in [0.05, 0.1) is 5.69 Å². The molecule has 146 valence electrons. The summed E-state index contributed by atoms with van der Waals surface area (Å²) in [5.74, 6) is 0.0458. The van der Waals surface area contributed by atoms with E-state index in [1.54, 1.807) is 32.2 Å². The minimum absolute atomic E-state index is 0.0877. The Morgan fingerprint density at radius 1 is 1.11 bits per heavy atom. The third kappa shape index (κ3) is 4.06. The van der Waals surface area contributed by atoms with Gasteiger partial charge < -0.3 is 15.0 Å². The van der Waals surface area contributed by atoms with Crippen LogP contribution in [0.3, 0.4) is 0 Å². The molecule has 28 heavy (non-hydrogen) atoms. The van der Waals surface area contributed by atoms with Crippen LogP contribution in [0.5, 0.6) is 5.75 Å². The van der Waals surface area contributed by atoms with Gasteiger partial charge in [0.1, 0.15) is 5.75 Å². The van der Waals surface area contributed by atoms with Crippen molar-refractivity contribution in [3.63, 3.8) is 0 Å². The first-order valence-corrected chi connectivity index (χ1v) is 9.25. The van der Waals surface area contributed by atoms with Gasteiger partial charge in [-0.2, -0.15) is 0 Å². The Morgan fingerprint density at radius 2 is 1.86 bits per heavy atom. The predicted molar refractivity (Wildman–Crippen MR) is 108 cm³/mol. The Bertz CT molecular complexity index is 952. The third-order valence-corrected chi connectivity index (χ3v) is 4.86. The molecule has 0 fully saturated rings. The number of ketones is 1. The summed E-state index contributed by atoms with van der Waals surface area (Å²) in [5.41, 5.74) is 3.88. The van der Waals surface area contributed by atoms with E-state index in [1.165, 1.54) is 4.90 Å². The van der Waals surface area contributed by atoms with Gasteiger partial charge in [-0.1, -0.05) is 17.7 Å². The van der Waals surface area contributed by atoms with Crippen LogP contribution in [0.25, 0.3) is 0 Å². The summed E-state index contributed by atoms with van der Waals surface area (Å²) in [4.78, 5) is 38.3. The molecule has 3 rings (SSSR count). The van der Waals surface area contributed by atoms with Crippen LogP contribution in [0.2, 0.25) is 0 Å². The van der Waals surface area contributed by atoms with Crippen molar-refractivity contribution in [1.82, 2.24) is 0 Å². The van der Waals surface area contributed by atoms with Crippen molar-refractivity contribution in [2.75, 3.05) is 17.3 Å². The Balaban J connectivity index is 1.64. The fourth-order valence-electron chi connectivity index (χ4n) is 3.22. The molecule has 1 aliphatic rings. The van der Waals surface area contributed by atoms with Crippen LogP contribution >= 0.6 is 0 Å². The standard InChI is InChI=1S/C22H24N2O4/c1-13-5-7-17(14(2)11-13)23-21(26)10-8-19(25)16-6-9-20-18(12-16)24(4)22(27)15(3)28-20/h5-7,9,11-12,15H,8,10H2,1-4H3,(H,23,26). The number of nitrogens with one attached hydrogen (secondary N) is 1. The zero-order valence-corrected chi connectivity index (χ0v) is 16.5. The molecule has 0 saturated heterocycles. The van der Waals surface area contributed by atoms with Crippen molar-refractivity contribution in [2.24, 2.45) is 0 Å². The number of nitrogens with zero attached hydrogens (tertiary/aromatic N) is 1. The number of rotatable bonds is 5. The first kappa shape index (κ1) is 19.6. The van der Waals surface area contributed by atoms with E-state index < -0.39 is 6.10 Å². The van der Waals surface area contributed by atoms with Crippen LogP contribution in [-0.2, 0) is 9.59 Å². The van der Waals surface area contributed by atoms with Gasteiger partial charge in [-0.3, -0.25) is 14.4 Å². The minimum atomic E-state index is -0.548. The van der Waals surface area contributed by atoms with E-state index in [9.17, 15) is 14.4 Å². The molecule has 6 heteroatoms. The lowest BCUT2D eigenvalue weighted by molar-refractivity contribution is -0.125. The molecule has 1 atom stereocenters. The molecule has 1 N–H and O–H groups in total. The zero-order chi connectivity index (χ0) is 20.4. The number of Topliss-reactive ketones (excluding diaryl/α,β-unsaturated/α-hetero) is 1.